The lowest BCUT2D eigenvalue weighted by Crippen LogP contribution is -2.46. The summed E-state index contributed by atoms with van der Waals surface area (Å²) in [5, 5.41) is 15.7. The van der Waals surface area contributed by atoms with Gasteiger partial charge in [-0.2, -0.15) is 5.10 Å². The molecule has 10 nitrogen and oxygen atoms in total. The summed E-state index contributed by atoms with van der Waals surface area (Å²) >= 11 is 0. The molecule has 2 aromatic rings. The third-order valence-corrected chi connectivity index (χ3v) is 7.12. The monoisotopic (exact) mass is 441 g/mol. The van der Waals surface area contributed by atoms with Gasteiger partial charge in [-0.25, -0.2) is 4.68 Å². The normalized spacial score (nSPS) is 23.5. The molecule has 32 heavy (non-hydrogen) atoms. The molecular weight excluding hydrogens is 410 g/mol. The maximum Gasteiger partial charge on any atom is 0.269 e. The summed E-state index contributed by atoms with van der Waals surface area (Å²) in [7, 11) is 0. The van der Waals surface area contributed by atoms with E-state index in [2.05, 4.69) is 20.7 Å². The Hall–Kier alpha value is -2.75. The highest BCUT2D eigenvalue weighted by atomic mass is 16.5. The molecule has 2 amide bonds. The Labute approximate surface area is 187 Å². The van der Waals surface area contributed by atoms with Crippen molar-refractivity contribution < 1.29 is 14.3 Å². The molecule has 2 fully saturated rings. The zero-order chi connectivity index (χ0) is 22.1. The number of aromatic nitrogens is 5. The summed E-state index contributed by atoms with van der Waals surface area (Å²) in [5.41, 5.74) is 1.73. The number of amides is 2. The lowest BCUT2D eigenvalue weighted by Gasteiger charge is -2.34. The molecular formula is C22H31N7O3. The van der Waals surface area contributed by atoms with Crippen LogP contribution in [0.15, 0.2) is 12.3 Å². The number of ether oxygens (including phenoxy) is 1. The van der Waals surface area contributed by atoms with E-state index in [0.717, 1.165) is 44.3 Å². The van der Waals surface area contributed by atoms with Crippen LogP contribution in [0.3, 0.4) is 0 Å². The zero-order valence-electron chi connectivity index (χ0n) is 18.6. The number of nitrogens with zero attached hydrogens (tertiary/aromatic N) is 6. The van der Waals surface area contributed by atoms with E-state index in [-0.39, 0.29) is 24.0 Å². The van der Waals surface area contributed by atoms with Crippen molar-refractivity contribution in [2.75, 3.05) is 13.1 Å². The molecule has 0 bridgehead atoms. The van der Waals surface area contributed by atoms with Crippen molar-refractivity contribution in [1.82, 2.24) is 35.0 Å². The van der Waals surface area contributed by atoms with Gasteiger partial charge in [0.05, 0.1) is 31.9 Å². The first kappa shape index (κ1) is 21.1. The first-order valence-electron chi connectivity index (χ1n) is 11.7. The molecule has 172 valence electrons. The topological polar surface area (TPSA) is 107 Å². The van der Waals surface area contributed by atoms with E-state index in [1.54, 1.807) is 16.9 Å². The van der Waals surface area contributed by atoms with E-state index in [1.807, 2.05) is 16.5 Å². The summed E-state index contributed by atoms with van der Waals surface area (Å²) in [5.74, 6) is 0.292. The van der Waals surface area contributed by atoms with Crippen LogP contribution in [0, 0.1) is 5.92 Å². The van der Waals surface area contributed by atoms with Crippen LogP contribution < -0.4 is 5.32 Å². The number of nitrogens with one attached hydrogen (secondary N) is 1. The van der Waals surface area contributed by atoms with Gasteiger partial charge in [-0.15, -0.1) is 5.10 Å². The average Bonchev–Trinajstić information content (AvgIpc) is 3.56. The molecule has 0 radical (unpaired) electrons. The molecule has 2 aromatic heterocycles. The Morgan fingerprint density at radius 3 is 2.91 bits per heavy atom. The van der Waals surface area contributed by atoms with Gasteiger partial charge in [-0.05, 0) is 32.3 Å². The van der Waals surface area contributed by atoms with Gasteiger partial charge in [0.2, 0.25) is 5.91 Å². The Morgan fingerprint density at radius 2 is 2.09 bits per heavy atom. The Kier molecular flexibility index (Phi) is 5.71. The molecule has 1 N–H and O–H groups in total. The molecule has 1 unspecified atom stereocenters. The van der Waals surface area contributed by atoms with E-state index in [9.17, 15) is 9.59 Å². The smallest absolute Gasteiger partial charge is 0.269 e. The predicted molar refractivity (Wildman–Crippen MR) is 114 cm³/mol. The molecule has 1 saturated heterocycles. The molecule has 5 rings (SSSR count). The third kappa shape index (κ3) is 3.92. The van der Waals surface area contributed by atoms with Gasteiger partial charge in [0.25, 0.3) is 5.91 Å². The Balaban J connectivity index is 1.20. The number of rotatable bonds is 5. The lowest BCUT2D eigenvalue weighted by molar-refractivity contribution is -0.138. The minimum absolute atomic E-state index is 0.184. The first-order chi connectivity index (χ1) is 15.6. The van der Waals surface area contributed by atoms with Crippen LogP contribution in [0.1, 0.15) is 67.3 Å². The van der Waals surface area contributed by atoms with Gasteiger partial charge >= 0.3 is 0 Å². The summed E-state index contributed by atoms with van der Waals surface area (Å²) < 4.78 is 9.85. The van der Waals surface area contributed by atoms with Crippen molar-refractivity contribution in [3.8, 4) is 0 Å². The van der Waals surface area contributed by atoms with Crippen LogP contribution in [-0.2, 0) is 35.8 Å². The van der Waals surface area contributed by atoms with Gasteiger partial charge in [-0.3, -0.25) is 14.3 Å². The minimum Gasteiger partial charge on any atom is -0.365 e. The summed E-state index contributed by atoms with van der Waals surface area (Å²) in [6.07, 6.45) is 8.04. The van der Waals surface area contributed by atoms with Crippen molar-refractivity contribution in [1.29, 1.82) is 0 Å². The van der Waals surface area contributed by atoms with Crippen LogP contribution in [0.2, 0.25) is 0 Å². The predicted octanol–water partition coefficient (Wildman–Crippen LogP) is 1.51. The van der Waals surface area contributed by atoms with Crippen LogP contribution in [0.25, 0.3) is 0 Å². The summed E-state index contributed by atoms with van der Waals surface area (Å²) in [6, 6.07) is 1.70. The first-order valence-corrected chi connectivity index (χ1v) is 11.7. The fourth-order valence-electron chi connectivity index (χ4n) is 5.25. The summed E-state index contributed by atoms with van der Waals surface area (Å²) in [6.45, 7) is 5.19. The van der Waals surface area contributed by atoms with E-state index < -0.39 is 0 Å². The lowest BCUT2D eigenvalue weighted by atomic mass is 9.88. The van der Waals surface area contributed by atoms with Gasteiger partial charge in [0, 0.05) is 25.2 Å². The van der Waals surface area contributed by atoms with Crippen LogP contribution >= 0.6 is 0 Å². The highest BCUT2D eigenvalue weighted by Gasteiger charge is 2.45. The van der Waals surface area contributed by atoms with E-state index in [4.69, 9.17) is 4.74 Å². The van der Waals surface area contributed by atoms with Crippen LogP contribution in [0.4, 0.5) is 0 Å². The van der Waals surface area contributed by atoms with Crippen molar-refractivity contribution in [2.24, 2.45) is 5.92 Å². The molecule has 3 aliphatic rings. The van der Waals surface area contributed by atoms with E-state index in [1.165, 1.54) is 6.42 Å². The molecule has 1 saturated carbocycles. The molecule has 0 aromatic carbocycles. The molecule has 10 heteroatoms. The highest BCUT2D eigenvalue weighted by molar-refractivity contribution is 5.92. The quantitative estimate of drug-likeness (QED) is 0.754. The largest absolute Gasteiger partial charge is 0.365 e. The second-order valence-electron chi connectivity index (χ2n) is 9.17. The zero-order valence-corrected chi connectivity index (χ0v) is 18.6. The second-order valence-corrected chi connectivity index (χ2v) is 9.17. The average molecular weight is 442 g/mol. The fourth-order valence-corrected chi connectivity index (χ4v) is 5.25. The standard InChI is InChI=1S/C22H31N7O3/c1-2-28-18(8-10-24-28)20(30)23-12-17-19-13-32-22(15-29(19)26-25-17)9-11-27(14-22)21(31)16-6-4-3-5-7-16/h8,10,16H,2-7,9,11-15H2,1H3,(H,23,30). The second kappa shape index (κ2) is 8.65. The number of likely N-dealkylation sites (tertiary alicyclic amines) is 1. The van der Waals surface area contributed by atoms with Gasteiger partial charge in [-0.1, -0.05) is 24.5 Å². The molecule has 1 aliphatic carbocycles. The number of carbonyl (C=O) groups excluding carboxylic acids is 2. The van der Waals surface area contributed by atoms with Gasteiger partial charge in [0.15, 0.2) is 0 Å². The third-order valence-electron chi connectivity index (χ3n) is 7.12. The van der Waals surface area contributed by atoms with E-state index >= 15 is 0 Å². The molecule has 1 spiro atoms. The fraction of sp³-hybridized carbons (Fsp3) is 0.682. The highest BCUT2D eigenvalue weighted by Crippen LogP contribution is 2.35. The number of hydrogen-bond acceptors (Lipinski definition) is 6. The van der Waals surface area contributed by atoms with Crippen LogP contribution in [0.5, 0.6) is 0 Å². The van der Waals surface area contributed by atoms with Crippen molar-refractivity contribution in [2.45, 2.75) is 77.3 Å². The van der Waals surface area contributed by atoms with E-state index in [0.29, 0.717) is 43.5 Å². The van der Waals surface area contributed by atoms with Gasteiger partial charge in [0.1, 0.15) is 17.0 Å². The Morgan fingerprint density at radius 1 is 1.25 bits per heavy atom. The Bertz CT molecular complexity index is 994. The van der Waals surface area contributed by atoms with Crippen molar-refractivity contribution >= 4 is 11.8 Å². The maximum absolute atomic E-state index is 13.0. The maximum atomic E-state index is 13.0. The number of carbonyl (C=O) groups is 2. The van der Waals surface area contributed by atoms with Crippen molar-refractivity contribution in [3.05, 3.63) is 29.3 Å². The van der Waals surface area contributed by atoms with Crippen LogP contribution in [-0.4, -0.2) is 60.2 Å². The summed E-state index contributed by atoms with van der Waals surface area (Å²) in [4.78, 5) is 27.4. The number of fused-ring (bicyclic) bond motifs is 1. The number of aryl methyl sites for hydroxylation is 1. The molecule has 4 heterocycles. The van der Waals surface area contributed by atoms with Crippen molar-refractivity contribution in [3.63, 3.8) is 0 Å². The molecule has 2 aliphatic heterocycles. The SMILES string of the molecule is CCn1nccc1C(=O)NCc1nnn2c1COC1(CCN(C(=O)C3CCCCC3)C1)C2. The van der Waals surface area contributed by atoms with Gasteiger partial charge < -0.3 is 15.0 Å². The number of hydrogen-bond donors (Lipinski definition) is 1. The molecule has 1 atom stereocenters. The minimum atomic E-state index is -0.390.